The Morgan fingerprint density at radius 3 is 2.47 bits per heavy atom. The number of fused-ring (bicyclic) bond motifs is 1. The lowest BCUT2D eigenvalue weighted by Gasteiger charge is -2.15. The Kier molecular flexibility index (Phi) is 4.46. The van der Waals surface area contributed by atoms with E-state index in [1.54, 1.807) is 14.0 Å². The summed E-state index contributed by atoms with van der Waals surface area (Å²) in [4.78, 5) is 11.0. The number of hydrogen-bond donors (Lipinski definition) is 1. The highest BCUT2D eigenvalue weighted by molar-refractivity contribution is 5.70. The average molecular weight is 262 g/mol. The molecule has 0 fully saturated rings. The minimum Gasteiger partial charge on any atom is -0.496 e. The van der Waals surface area contributed by atoms with Gasteiger partial charge in [0, 0.05) is 0 Å². The van der Waals surface area contributed by atoms with E-state index >= 15 is 0 Å². The van der Waals surface area contributed by atoms with Gasteiger partial charge in [0.05, 0.1) is 13.0 Å². The summed E-state index contributed by atoms with van der Waals surface area (Å²) in [5.41, 5.74) is 3.78. The van der Waals surface area contributed by atoms with Gasteiger partial charge >= 0.3 is 5.97 Å². The number of rotatable bonds is 4. The lowest BCUT2D eigenvalue weighted by Crippen LogP contribution is -2.13. The predicted molar refractivity (Wildman–Crippen MR) is 74.8 cm³/mol. The van der Waals surface area contributed by atoms with E-state index in [1.165, 1.54) is 30.4 Å². The summed E-state index contributed by atoms with van der Waals surface area (Å²) in [6.07, 6.45) is 6.49. The van der Waals surface area contributed by atoms with Gasteiger partial charge in [0.25, 0.3) is 0 Å². The number of methoxy groups -OCH3 is 1. The van der Waals surface area contributed by atoms with Crippen LogP contribution in [-0.4, -0.2) is 18.2 Å². The first-order valence-electron chi connectivity index (χ1n) is 7.03. The van der Waals surface area contributed by atoms with Gasteiger partial charge in [0.1, 0.15) is 5.75 Å². The van der Waals surface area contributed by atoms with Gasteiger partial charge in [0.15, 0.2) is 0 Å². The van der Waals surface area contributed by atoms with Gasteiger partial charge in [-0.1, -0.05) is 19.4 Å². The quantitative estimate of drug-likeness (QED) is 0.847. The van der Waals surface area contributed by atoms with E-state index < -0.39 is 5.97 Å². The number of hydrogen-bond acceptors (Lipinski definition) is 2. The molecule has 2 rings (SSSR count). The van der Waals surface area contributed by atoms with Crippen molar-refractivity contribution in [1.29, 1.82) is 0 Å². The number of carbonyl (C=O) groups is 1. The van der Waals surface area contributed by atoms with Gasteiger partial charge in [-0.2, -0.15) is 0 Å². The second kappa shape index (κ2) is 6.09. The molecular weight excluding hydrogens is 240 g/mol. The van der Waals surface area contributed by atoms with Gasteiger partial charge in [-0.05, 0) is 54.9 Å². The van der Waals surface area contributed by atoms with Crippen molar-refractivity contribution in [3.05, 3.63) is 28.8 Å². The molecule has 0 spiro atoms. The molecule has 0 aromatic heterocycles. The van der Waals surface area contributed by atoms with Crippen LogP contribution >= 0.6 is 0 Å². The van der Waals surface area contributed by atoms with Crippen LogP contribution in [0.25, 0.3) is 0 Å². The van der Waals surface area contributed by atoms with E-state index in [1.807, 2.05) is 0 Å². The van der Waals surface area contributed by atoms with Crippen LogP contribution in [0.5, 0.6) is 5.75 Å². The smallest absolute Gasteiger partial charge is 0.306 e. The van der Waals surface area contributed by atoms with Crippen molar-refractivity contribution in [2.24, 2.45) is 5.92 Å². The molecule has 104 valence electrons. The Bertz CT molecular complexity index is 465. The summed E-state index contributed by atoms with van der Waals surface area (Å²) < 4.78 is 5.44. The zero-order valence-corrected chi connectivity index (χ0v) is 11.7. The monoisotopic (exact) mass is 262 g/mol. The molecule has 1 aromatic rings. The largest absolute Gasteiger partial charge is 0.496 e. The molecule has 0 saturated heterocycles. The Morgan fingerprint density at radius 1 is 1.26 bits per heavy atom. The molecule has 1 aromatic carbocycles. The van der Waals surface area contributed by atoms with Crippen molar-refractivity contribution in [3.63, 3.8) is 0 Å². The van der Waals surface area contributed by atoms with Gasteiger partial charge < -0.3 is 9.84 Å². The number of aliphatic carboxylic acids is 1. The van der Waals surface area contributed by atoms with Gasteiger partial charge in [-0.3, -0.25) is 4.79 Å². The molecule has 3 heteroatoms. The predicted octanol–water partition coefficient (Wildman–Crippen LogP) is 3.23. The van der Waals surface area contributed by atoms with Crippen molar-refractivity contribution in [3.8, 4) is 5.75 Å². The van der Waals surface area contributed by atoms with Crippen LogP contribution < -0.4 is 4.74 Å². The summed E-state index contributed by atoms with van der Waals surface area (Å²) in [7, 11) is 1.66. The molecule has 3 nitrogen and oxygen atoms in total. The van der Waals surface area contributed by atoms with Gasteiger partial charge in [0.2, 0.25) is 0 Å². The van der Waals surface area contributed by atoms with E-state index in [0.29, 0.717) is 6.42 Å². The maximum atomic E-state index is 11.0. The number of ether oxygens (including phenoxy) is 1. The molecule has 0 saturated carbocycles. The van der Waals surface area contributed by atoms with Crippen molar-refractivity contribution in [2.45, 2.75) is 45.4 Å². The third kappa shape index (κ3) is 3.28. The fourth-order valence-corrected chi connectivity index (χ4v) is 2.76. The van der Waals surface area contributed by atoms with E-state index in [2.05, 4.69) is 12.1 Å². The van der Waals surface area contributed by atoms with E-state index in [0.717, 1.165) is 24.2 Å². The Morgan fingerprint density at radius 2 is 1.89 bits per heavy atom. The van der Waals surface area contributed by atoms with Crippen LogP contribution in [0.15, 0.2) is 12.1 Å². The summed E-state index contributed by atoms with van der Waals surface area (Å²) in [6.45, 7) is 1.74. The van der Waals surface area contributed by atoms with E-state index in [4.69, 9.17) is 9.84 Å². The Hall–Kier alpha value is -1.51. The normalized spacial score (nSPS) is 16.3. The Balaban J connectivity index is 2.31. The molecule has 1 aliphatic rings. The number of benzene rings is 1. The fraction of sp³-hybridized carbons (Fsp3) is 0.562. The molecule has 0 amide bonds. The maximum Gasteiger partial charge on any atom is 0.306 e. The fourth-order valence-electron chi connectivity index (χ4n) is 2.76. The van der Waals surface area contributed by atoms with Crippen LogP contribution in [0, 0.1) is 5.92 Å². The first-order valence-corrected chi connectivity index (χ1v) is 7.03. The van der Waals surface area contributed by atoms with Crippen LogP contribution in [-0.2, 0) is 24.1 Å². The molecule has 1 aliphatic carbocycles. The molecule has 0 aliphatic heterocycles. The molecule has 0 radical (unpaired) electrons. The minimum atomic E-state index is -0.753. The molecule has 1 unspecified atom stereocenters. The average Bonchev–Trinajstić information content (AvgIpc) is 2.62. The van der Waals surface area contributed by atoms with Crippen molar-refractivity contribution < 1.29 is 14.6 Å². The highest BCUT2D eigenvalue weighted by Gasteiger charge is 2.17. The van der Waals surface area contributed by atoms with Crippen LogP contribution in [0.4, 0.5) is 0 Å². The SMILES string of the molecule is COc1cc2c(cc1CC(C)C(=O)O)CCCCC2. The third-order valence-electron chi connectivity index (χ3n) is 3.94. The second-order valence-electron chi connectivity index (χ2n) is 5.44. The topological polar surface area (TPSA) is 46.5 Å². The molecule has 0 heterocycles. The van der Waals surface area contributed by atoms with Crippen LogP contribution in [0.3, 0.4) is 0 Å². The lowest BCUT2D eigenvalue weighted by atomic mass is 9.94. The Labute approximate surface area is 114 Å². The van der Waals surface area contributed by atoms with E-state index in [-0.39, 0.29) is 5.92 Å². The number of aryl methyl sites for hydroxylation is 2. The molecule has 1 N–H and O–H groups in total. The number of carboxylic acid groups (broad SMARTS) is 1. The van der Waals surface area contributed by atoms with Crippen LogP contribution in [0.2, 0.25) is 0 Å². The second-order valence-corrected chi connectivity index (χ2v) is 5.44. The lowest BCUT2D eigenvalue weighted by molar-refractivity contribution is -0.141. The first-order chi connectivity index (χ1) is 9.11. The van der Waals surface area contributed by atoms with Gasteiger partial charge in [-0.25, -0.2) is 0 Å². The first kappa shape index (κ1) is 13.9. The molecule has 1 atom stereocenters. The van der Waals surface area contributed by atoms with Crippen molar-refractivity contribution >= 4 is 5.97 Å². The maximum absolute atomic E-state index is 11.0. The summed E-state index contributed by atoms with van der Waals surface area (Å²) in [6, 6.07) is 4.28. The van der Waals surface area contributed by atoms with Gasteiger partial charge in [-0.15, -0.1) is 0 Å². The van der Waals surface area contributed by atoms with Crippen molar-refractivity contribution in [2.75, 3.05) is 7.11 Å². The van der Waals surface area contributed by atoms with Crippen LogP contribution in [0.1, 0.15) is 42.9 Å². The van der Waals surface area contributed by atoms with Crippen molar-refractivity contribution in [1.82, 2.24) is 0 Å². The summed E-state index contributed by atoms with van der Waals surface area (Å²) in [5.74, 6) is -0.288. The molecule has 19 heavy (non-hydrogen) atoms. The zero-order chi connectivity index (χ0) is 13.8. The highest BCUT2D eigenvalue weighted by Crippen LogP contribution is 2.30. The number of carboxylic acids is 1. The third-order valence-corrected chi connectivity index (χ3v) is 3.94. The molecular formula is C16H22O3. The standard InChI is InChI=1S/C16H22O3/c1-11(16(17)18)8-14-9-12-6-4-3-5-7-13(12)10-15(14)19-2/h9-11H,3-8H2,1-2H3,(H,17,18). The van der Waals surface area contributed by atoms with E-state index in [9.17, 15) is 4.79 Å². The summed E-state index contributed by atoms with van der Waals surface area (Å²) in [5, 5.41) is 9.05. The zero-order valence-electron chi connectivity index (χ0n) is 11.7. The minimum absolute atomic E-state index is 0.377. The highest BCUT2D eigenvalue weighted by atomic mass is 16.5. The summed E-state index contributed by atoms with van der Waals surface area (Å²) >= 11 is 0. The molecule has 0 bridgehead atoms.